The van der Waals surface area contributed by atoms with E-state index in [4.69, 9.17) is 13.8 Å². The molecule has 130 valence electrons. The Morgan fingerprint density at radius 2 is 2.04 bits per heavy atom. The van der Waals surface area contributed by atoms with Crippen molar-refractivity contribution in [3.05, 3.63) is 47.9 Å². The molecule has 8 nitrogen and oxygen atoms in total. The molecule has 1 aliphatic heterocycles. The number of aromatic nitrogens is 4. The van der Waals surface area contributed by atoms with Gasteiger partial charge in [0, 0.05) is 12.7 Å². The fourth-order valence-corrected chi connectivity index (χ4v) is 3.09. The normalized spacial score (nSPS) is 18.0. The lowest BCUT2D eigenvalue weighted by Crippen LogP contribution is -2.23. The van der Waals surface area contributed by atoms with E-state index >= 15 is 0 Å². The fraction of sp³-hybridized carbons (Fsp3) is 0.412. The van der Waals surface area contributed by atoms with Crippen LogP contribution in [0.4, 0.5) is 0 Å². The van der Waals surface area contributed by atoms with Crippen molar-refractivity contribution in [1.29, 1.82) is 0 Å². The van der Waals surface area contributed by atoms with Gasteiger partial charge in [0.1, 0.15) is 6.61 Å². The molecule has 1 aliphatic rings. The smallest absolute Gasteiger partial charge is 0.252 e. The Morgan fingerprint density at radius 3 is 2.88 bits per heavy atom. The molecule has 0 spiro atoms. The van der Waals surface area contributed by atoms with Crippen LogP contribution in [0.3, 0.4) is 0 Å². The van der Waals surface area contributed by atoms with Gasteiger partial charge in [0.2, 0.25) is 11.7 Å². The summed E-state index contributed by atoms with van der Waals surface area (Å²) in [4.78, 5) is 11.2. The minimum Gasteiger partial charge on any atom is -0.375 e. The van der Waals surface area contributed by atoms with Crippen LogP contribution in [0.5, 0.6) is 0 Å². The number of likely N-dealkylation sites (tertiary alicyclic amines) is 1. The molecule has 1 aromatic carbocycles. The zero-order valence-corrected chi connectivity index (χ0v) is 14.0. The molecular weight excluding hydrogens is 322 g/mol. The lowest BCUT2D eigenvalue weighted by Gasteiger charge is -2.19. The van der Waals surface area contributed by atoms with E-state index in [0.29, 0.717) is 36.6 Å². The third-order valence-electron chi connectivity index (χ3n) is 4.24. The van der Waals surface area contributed by atoms with Crippen LogP contribution >= 0.6 is 0 Å². The van der Waals surface area contributed by atoms with Crippen LogP contribution in [-0.4, -0.2) is 38.8 Å². The van der Waals surface area contributed by atoms with Crippen LogP contribution in [0.1, 0.15) is 36.5 Å². The summed E-state index contributed by atoms with van der Waals surface area (Å²) in [5.74, 6) is 2.38. The largest absolute Gasteiger partial charge is 0.375 e. The number of nitrogens with zero attached hydrogens (tertiary/aromatic N) is 5. The summed E-state index contributed by atoms with van der Waals surface area (Å²) in [7, 11) is 1.60. The molecule has 0 radical (unpaired) electrons. The summed E-state index contributed by atoms with van der Waals surface area (Å²) in [5, 5.41) is 8.13. The topological polar surface area (TPSA) is 90.3 Å². The zero-order valence-electron chi connectivity index (χ0n) is 14.0. The van der Waals surface area contributed by atoms with E-state index in [9.17, 15) is 0 Å². The number of hydrogen-bond acceptors (Lipinski definition) is 8. The van der Waals surface area contributed by atoms with Gasteiger partial charge >= 0.3 is 0 Å². The summed E-state index contributed by atoms with van der Waals surface area (Å²) in [6, 6.07) is 9.90. The summed E-state index contributed by atoms with van der Waals surface area (Å²) in [6.45, 7) is 1.84. The Labute approximate surface area is 144 Å². The van der Waals surface area contributed by atoms with Crippen molar-refractivity contribution in [3.63, 3.8) is 0 Å². The minimum absolute atomic E-state index is 0.0781. The van der Waals surface area contributed by atoms with Gasteiger partial charge in [0.25, 0.3) is 5.89 Å². The number of hydrogen-bond donors (Lipinski definition) is 0. The molecule has 0 unspecified atom stereocenters. The maximum absolute atomic E-state index is 5.53. The van der Waals surface area contributed by atoms with Crippen molar-refractivity contribution in [1.82, 2.24) is 25.2 Å². The second kappa shape index (κ2) is 7.12. The molecule has 2 aromatic heterocycles. The molecule has 0 bridgehead atoms. The SMILES string of the molecule is COCc1nc(CN2CCC[C@@H]2c2nc(-c3ccccc3)no2)no1. The summed E-state index contributed by atoms with van der Waals surface area (Å²) >= 11 is 0. The molecule has 8 heteroatoms. The molecule has 0 amide bonds. The van der Waals surface area contributed by atoms with Gasteiger partial charge in [-0.05, 0) is 19.4 Å². The quantitative estimate of drug-likeness (QED) is 0.676. The molecule has 0 N–H and O–H groups in total. The number of benzene rings is 1. The van der Waals surface area contributed by atoms with Crippen molar-refractivity contribution < 1.29 is 13.8 Å². The average Bonchev–Trinajstić information content (AvgIpc) is 3.37. The second-order valence-electron chi connectivity index (χ2n) is 5.99. The molecule has 3 heterocycles. The van der Waals surface area contributed by atoms with Crippen molar-refractivity contribution >= 4 is 0 Å². The van der Waals surface area contributed by atoms with Crippen LogP contribution in [-0.2, 0) is 17.9 Å². The van der Waals surface area contributed by atoms with Gasteiger partial charge in [-0.2, -0.15) is 9.97 Å². The summed E-state index contributed by atoms with van der Waals surface area (Å²) in [6.07, 6.45) is 2.04. The second-order valence-corrected chi connectivity index (χ2v) is 5.99. The van der Waals surface area contributed by atoms with Gasteiger partial charge in [-0.15, -0.1) is 0 Å². The highest BCUT2D eigenvalue weighted by Gasteiger charge is 2.31. The predicted octanol–water partition coefficient (Wildman–Crippen LogP) is 2.60. The number of rotatable bonds is 6. The highest BCUT2D eigenvalue weighted by atomic mass is 16.5. The van der Waals surface area contributed by atoms with Crippen molar-refractivity contribution in [2.45, 2.75) is 32.0 Å². The molecular formula is C17H19N5O3. The molecule has 4 rings (SSSR count). The minimum atomic E-state index is 0.0781. The highest BCUT2D eigenvalue weighted by molar-refractivity contribution is 5.53. The molecule has 0 aliphatic carbocycles. The summed E-state index contributed by atoms with van der Waals surface area (Å²) in [5.41, 5.74) is 0.949. The number of ether oxygens (including phenoxy) is 1. The van der Waals surface area contributed by atoms with Crippen LogP contribution in [0.2, 0.25) is 0 Å². The van der Waals surface area contributed by atoms with Crippen LogP contribution in [0.15, 0.2) is 39.4 Å². The standard InChI is InChI=1S/C17H19N5O3/c1-23-11-15-18-14(20-24-15)10-22-9-5-8-13(22)17-19-16(21-25-17)12-6-3-2-4-7-12/h2-4,6-7,13H,5,8-11H2,1H3/t13-/m1/s1. The number of methoxy groups -OCH3 is 1. The van der Waals surface area contributed by atoms with E-state index in [2.05, 4.69) is 25.2 Å². The lowest BCUT2D eigenvalue weighted by molar-refractivity contribution is 0.151. The fourth-order valence-electron chi connectivity index (χ4n) is 3.09. The van der Waals surface area contributed by atoms with E-state index < -0.39 is 0 Å². The van der Waals surface area contributed by atoms with E-state index in [-0.39, 0.29) is 6.04 Å². The molecule has 1 atom stereocenters. The van der Waals surface area contributed by atoms with E-state index in [1.54, 1.807) is 7.11 Å². The Bertz CT molecular complexity index is 817. The van der Waals surface area contributed by atoms with Crippen molar-refractivity contribution in [2.75, 3.05) is 13.7 Å². The van der Waals surface area contributed by atoms with E-state index in [0.717, 1.165) is 24.9 Å². The summed E-state index contributed by atoms with van der Waals surface area (Å²) < 4.78 is 15.7. The molecule has 25 heavy (non-hydrogen) atoms. The van der Waals surface area contributed by atoms with Gasteiger partial charge < -0.3 is 13.8 Å². The third-order valence-corrected chi connectivity index (χ3v) is 4.24. The van der Waals surface area contributed by atoms with Gasteiger partial charge in [-0.3, -0.25) is 4.90 Å². The zero-order chi connectivity index (χ0) is 17.1. The van der Waals surface area contributed by atoms with Crippen LogP contribution < -0.4 is 0 Å². The Balaban J connectivity index is 1.48. The van der Waals surface area contributed by atoms with Gasteiger partial charge in [0.15, 0.2) is 5.82 Å². The Morgan fingerprint density at radius 1 is 1.16 bits per heavy atom. The molecule has 1 saturated heterocycles. The van der Waals surface area contributed by atoms with Crippen molar-refractivity contribution in [2.24, 2.45) is 0 Å². The van der Waals surface area contributed by atoms with Gasteiger partial charge in [0.05, 0.1) is 12.6 Å². The third kappa shape index (κ3) is 3.45. The van der Waals surface area contributed by atoms with Crippen LogP contribution in [0, 0.1) is 0 Å². The van der Waals surface area contributed by atoms with E-state index in [1.165, 1.54) is 0 Å². The monoisotopic (exact) mass is 341 g/mol. The first-order valence-corrected chi connectivity index (χ1v) is 8.27. The predicted molar refractivity (Wildman–Crippen MR) is 87.1 cm³/mol. The molecule has 0 saturated carbocycles. The average molecular weight is 341 g/mol. The highest BCUT2D eigenvalue weighted by Crippen LogP contribution is 2.32. The maximum atomic E-state index is 5.53. The molecule has 1 fully saturated rings. The first-order chi connectivity index (χ1) is 12.3. The van der Waals surface area contributed by atoms with Gasteiger partial charge in [-0.25, -0.2) is 0 Å². The van der Waals surface area contributed by atoms with Crippen LogP contribution in [0.25, 0.3) is 11.4 Å². The van der Waals surface area contributed by atoms with Gasteiger partial charge in [-0.1, -0.05) is 40.6 Å². The Hall–Kier alpha value is -2.58. The Kier molecular flexibility index (Phi) is 4.53. The first kappa shape index (κ1) is 15.9. The van der Waals surface area contributed by atoms with E-state index in [1.807, 2.05) is 30.3 Å². The first-order valence-electron chi connectivity index (χ1n) is 8.27. The molecule has 3 aromatic rings. The maximum Gasteiger partial charge on any atom is 0.252 e. The van der Waals surface area contributed by atoms with Crippen molar-refractivity contribution in [3.8, 4) is 11.4 Å². The lowest BCUT2D eigenvalue weighted by atomic mass is 10.2.